The van der Waals surface area contributed by atoms with Gasteiger partial charge in [0.25, 0.3) is 0 Å². The fraction of sp³-hybridized carbons (Fsp3) is 0.500. The minimum Gasteiger partial charge on any atom is -0.444 e. The van der Waals surface area contributed by atoms with Gasteiger partial charge in [-0.1, -0.05) is 18.2 Å². The van der Waals surface area contributed by atoms with E-state index in [1.165, 1.54) is 10.9 Å². The summed E-state index contributed by atoms with van der Waals surface area (Å²) < 4.78 is 5.21. The maximum Gasteiger partial charge on any atom is 0.407 e. The van der Waals surface area contributed by atoms with Crippen molar-refractivity contribution in [3.63, 3.8) is 0 Å². The molecule has 1 aromatic heterocycles. The van der Waals surface area contributed by atoms with Crippen LogP contribution in [0.1, 0.15) is 33.3 Å². The lowest BCUT2D eigenvalue weighted by molar-refractivity contribution is 0.0529. The van der Waals surface area contributed by atoms with E-state index in [9.17, 15) is 4.79 Å². The highest BCUT2D eigenvalue weighted by atomic mass is 127. The number of alkyl carbamates (subject to hydrolysis) is 1. The number of rotatable bonds is 7. The standard InChI is InChI=1S/C20H31N5O2.HI/c1-5-21-18(23-12-13-24-19(26)27-20(2,3)4)22-11-10-15-14-25-17-9-7-6-8-16(15)17;/h6-9,14,25H,5,10-13H2,1-4H3,(H,24,26)(H2,21,22,23);1H. The number of nitrogens with one attached hydrogen (secondary N) is 4. The number of hydrogen-bond donors (Lipinski definition) is 4. The molecule has 1 amide bonds. The van der Waals surface area contributed by atoms with Gasteiger partial charge in [0.05, 0.1) is 0 Å². The molecule has 0 spiro atoms. The van der Waals surface area contributed by atoms with Crippen LogP contribution in [0.2, 0.25) is 0 Å². The molecule has 8 heteroatoms. The first-order valence-electron chi connectivity index (χ1n) is 9.43. The lowest BCUT2D eigenvalue weighted by Crippen LogP contribution is -2.42. The van der Waals surface area contributed by atoms with Crippen LogP contribution in [0.25, 0.3) is 10.9 Å². The number of fused-ring (bicyclic) bond motifs is 1. The van der Waals surface area contributed by atoms with Crippen molar-refractivity contribution in [1.82, 2.24) is 20.9 Å². The first kappa shape index (κ1) is 24.1. The van der Waals surface area contributed by atoms with E-state index in [4.69, 9.17) is 4.74 Å². The quantitative estimate of drug-likeness (QED) is 0.203. The highest BCUT2D eigenvalue weighted by molar-refractivity contribution is 14.0. The Morgan fingerprint density at radius 2 is 1.86 bits per heavy atom. The predicted molar refractivity (Wildman–Crippen MR) is 126 cm³/mol. The maximum atomic E-state index is 11.6. The lowest BCUT2D eigenvalue weighted by atomic mass is 10.1. The Balaban J connectivity index is 0.00000392. The van der Waals surface area contributed by atoms with E-state index < -0.39 is 11.7 Å². The van der Waals surface area contributed by atoms with Gasteiger partial charge in [0, 0.05) is 43.3 Å². The Hall–Kier alpha value is -1.97. The SMILES string of the molecule is CCNC(=NCCc1c[nH]c2ccccc12)NCCNC(=O)OC(C)(C)C.I. The molecule has 0 aliphatic rings. The topological polar surface area (TPSA) is 90.5 Å². The molecule has 156 valence electrons. The smallest absolute Gasteiger partial charge is 0.407 e. The second-order valence-corrected chi connectivity index (χ2v) is 7.23. The summed E-state index contributed by atoms with van der Waals surface area (Å²) in [6.07, 6.45) is 2.49. The number of aliphatic imine (C=N–C) groups is 1. The van der Waals surface area contributed by atoms with Gasteiger partial charge in [-0.2, -0.15) is 0 Å². The molecule has 2 aromatic rings. The van der Waals surface area contributed by atoms with Gasteiger partial charge in [-0.25, -0.2) is 4.79 Å². The zero-order valence-electron chi connectivity index (χ0n) is 17.1. The van der Waals surface area contributed by atoms with Crippen LogP contribution in [0.5, 0.6) is 0 Å². The van der Waals surface area contributed by atoms with E-state index in [0.717, 1.165) is 24.4 Å². The molecule has 28 heavy (non-hydrogen) atoms. The van der Waals surface area contributed by atoms with Crippen LogP contribution in [-0.2, 0) is 11.2 Å². The molecule has 1 heterocycles. The normalized spacial score (nSPS) is 11.6. The van der Waals surface area contributed by atoms with E-state index in [0.29, 0.717) is 19.6 Å². The molecule has 2 rings (SSSR count). The largest absolute Gasteiger partial charge is 0.444 e. The summed E-state index contributed by atoms with van der Waals surface area (Å²) in [6.45, 7) is 10.0. The van der Waals surface area contributed by atoms with Crippen LogP contribution in [0.15, 0.2) is 35.5 Å². The molecule has 0 fully saturated rings. The molecule has 0 saturated carbocycles. The Morgan fingerprint density at radius 1 is 1.14 bits per heavy atom. The minimum atomic E-state index is -0.490. The monoisotopic (exact) mass is 501 g/mol. The molecule has 7 nitrogen and oxygen atoms in total. The number of hydrogen-bond acceptors (Lipinski definition) is 3. The molecule has 0 unspecified atom stereocenters. The van der Waals surface area contributed by atoms with E-state index in [2.05, 4.69) is 38.1 Å². The van der Waals surface area contributed by atoms with E-state index in [1.807, 2.05) is 46.0 Å². The molecule has 1 aromatic carbocycles. The third-order valence-electron chi connectivity index (χ3n) is 3.76. The summed E-state index contributed by atoms with van der Waals surface area (Å²) in [5, 5.41) is 10.4. The van der Waals surface area contributed by atoms with Gasteiger partial charge >= 0.3 is 6.09 Å². The number of aromatic nitrogens is 1. The number of para-hydroxylation sites is 1. The number of ether oxygens (including phenoxy) is 1. The van der Waals surface area contributed by atoms with Crippen molar-refractivity contribution in [2.24, 2.45) is 4.99 Å². The summed E-state index contributed by atoms with van der Waals surface area (Å²) in [6, 6.07) is 8.27. The highest BCUT2D eigenvalue weighted by Crippen LogP contribution is 2.17. The fourth-order valence-corrected chi connectivity index (χ4v) is 2.63. The molecule has 0 radical (unpaired) electrons. The van der Waals surface area contributed by atoms with E-state index in [-0.39, 0.29) is 24.0 Å². The highest BCUT2D eigenvalue weighted by Gasteiger charge is 2.15. The van der Waals surface area contributed by atoms with Crippen molar-refractivity contribution in [3.05, 3.63) is 36.0 Å². The van der Waals surface area contributed by atoms with Gasteiger partial charge in [0.2, 0.25) is 0 Å². The van der Waals surface area contributed by atoms with Crippen LogP contribution in [0.3, 0.4) is 0 Å². The lowest BCUT2D eigenvalue weighted by Gasteiger charge is -2.19. The first-order chi connectivity index (χ1) is 12.9. The van der Waals surface area contributed by atoms with Crippen molar-refractivity contribution < 1.29 is 9.53 Å². The average Bonchev–Trinajstić information content (AvgIpc) is 3.00. The van der Waals surface area contributed by atoms with Gasteiger partial charge < -0.3 is 25.7 Å². The predicted octanol–water partition coefficient (Wildman–Crippen LogP) is 3.41. The number of nitrogens with zero attached hydrogens (tertiary/aromatic N) is 1. The average molecular weight is 501 g/mol. The fourth-order valence-electron chi connectivity index (χ4n) is 2.63. The zero-order valence-corrected chi connectivity index (χ0v) is 19.4. The van der Waals surface area contributed by atoms with Gasteiger partial charge in [-0.15, -0.1) is 24.0 Å². The van der Waals surface area contributed by atoms with Gasteiger partial charge in [0.15, 0.2) is 5.96 Å². The zero-order chi connectivity index (χ0) is 19.7. The van der Waals surface area contributed by atoms with Crippen molar-refractivity contribution >= 4 is 46.9 Å². The summed E-state index contributed by atoms with van der Waals surface area (Å²) >= 11 is 0. The summed E-state index contributed by atoms with van der Waals surface area (Å²) in [7, 11) is 0. The number of halogens is 1. The Kier molecular flexibility index (Phi) is 10.1. The third kappa shape index (κ3) is 8.37. The summed E-state index contributed by atoms with van der Waals surface area (Å²) in [4.78, 5) is 19.5. The molecular weight excluding hydrogens is 469 g/mol. The third-order valence-corrected chi connectivity index (χ3v) is 3.76. The van der Waals surface area contributed by atoms with Gasteiger partial charge in [-0.05, 0) is 45.7 Å². The number of aromatic amines is 1. The van der Waals surface area contributed by atoms with Crippen LogP contribution < -0.4 is 16.0 Å². The van der Waals surface area contributed by atoms with E-state index >= 15 is 0 Å². The summed E-state index contributed by atoms with van der Waals surface area (Å²) in [5.74, 6) is 0.739. The van der Waals surface area contributed by atoms with Crippen molar-refractivity contribution in [2.45, 2.75) is 39.7 Å². The van der Waals surface area contributed by atoms with Crippen LogP contribution >= 0.6 is 24.0 Å². The molecule has 0 bridgehead atoms. The Bertz CT molecular complexity index is 767. The Morgan fingerprint density at radius 3 is 2.57 bits per heavy atom. The number of benzene rings is 1. The second kappa shape index (κ2) is 11.8. The van der Waals surface area contributed by atoms with Crippen LogP contribution in [-0.4, -0.2) is 48.8 Å². The second-order valence-electron chi connectivity index (χ2n) is 7.23. The molecule has 4 N–H and O–H groups in total. The van der Waals surface area contributed by atoms with Gasteiger partial charge in [0.1, 0.15) is 5.60 Å². The molecule has 0 saturated heterocycles. The molecule has 0 aliphatic heterocycles. The minimum absolute atomic E-state index is 0. The Labute approximate surface area is 184 Å². The molecule has 0 atom stereocenters. The van der Waals surface area contributed by atoms with Crippen molar-refractivity contribution in [3.8, 4) is 0 Å². The number of guanidine groups is 1. The van der Waals surface area contributed by atoms with Crippen LogP contribution in [0.4, 0.5) is 4.79 Å². The first-order valence-corrected chi connectivity index (χ1v) is 9.43. The molecular formula is C20H32IN5O2. The molecule has 0 aliphatic carbocycles. The number of amides is 1. The van der Waals surface area contributed by atoms with Crippen molar-refractivity contribution in [1.29, 1.82) is 0 Å². The van der Waals surface area contributed by atoms with Gasteiger partial charge in [-0.3, -0.25) is 4.99 Å². The maximum absolute atomic E-state index is 11.6. The van der Waals surface area contributed by atoms with E-state index in [1.54, 1.807) is 0 Å². The number of carbonyl (C=O) groups excluding carboxylic acids is 1. The summed E-state index contributed by atoms with van der Waals surface area (Å²) in [5.41, 5.74) is 1.92. The van der Waals surface area contributed by atoms with Crippen LogP contribution in [0, 0.1) is 0 Å². The van der Waals surface area contributed by atoms with Crippen molar-refractivity contribution in [2.75, 3.05) is 26.2 Å². The number of H-pyrrole nitrogens is 1. The number of carbonyl (C=O) groups is 1.